The van der Waals surface area contributed by atoms with Crippen molar-refractivity contribution in [2.45, 2.75) is 4.90 Å². The van der Waals surface area contributed by atoms with E-state index in [4.69, 9.17) is 0 Å². The Labute approximate surface area is 122 Å². The summed E-state index contributed by atoms with van der Waals surface area (Å²) in [4.78, 5) is 16.9. The third-order valence-corrected chi connectivity index (χ3v) is 3.51. The first-order valence-corrected chi connectivity index (χ1v) is 7.32. The number of ether oxygens (including phenoxy) is 1. The molecule has 0 spiro atoms. The summed E-state index contributed by atoms with van der Waals surface area (Å²) in [5.74, 6) is -0.340. The quantitative estimate of drug-likeness (QED) is 0.485. The van der Waals surface area contributed by atoms with Gasteiger partial charge in [-0.2, -0.15) is 0 Å². The van der Waals surface area contributed by atoms with Gasteiger partial charge in [0.2, 0.25) is 0 Å². The molecule has 0 N–H and O–H groups in total. The summed E-state index contributed by atoms with van der Waals surface area (Å²) in [5.41, 5.74) is 2.36. The van der Waals surface area contributed by atoms with Crippen LogP contribution in [0.15, 0.2) is 58.4 Å². The first-order valence-electron chi connectivity index (χ1n) is 6.09. The van der Waals surface area contributed by atoms with E-state index in [1.807, 2.05) is 18.4 Å². The van der Waals surface area contributed by atoms with E-state index >= 15 is 0 Å². The lowest BCUT2D eigenvalue weighted by Gasteiger charge is -1.99. The molecule has 0 bridgehead atoms. The summed E-state index contributed by atoms with van der Waals surface area (Å²) in [6, 6.07) is 15.2. The van der Waals surface area contributed by atoms with Gasteiger partial charge in [0, 0.05) is 11.1 Å². The molecular formula is C16H15NO2S. The molecule has 0 aliphatic carbocycles. The Morgan fingerprint density at radius 2 is 1.75 bits per heavy atom. The van der Waals surface area contributed by atoms with Crippen LogP contribution in [0, 0.1) is 0 Å². The molecule has 0 atom stereocenters. The molecule has 20 heavy (non-hydrogen) atoms. The van der Waals surface area contributed by atoms with Gasteiger partial charge >= 0.3 is 5.97 Å². The zero-order valence-corrected chi connectivity index (χ0v) is 12.2. The fraction of sp³-hybridized carbons (Fsp3) is 0.125. The molecular weight excluding hydrogens is 270 g/mol. The minimum Gasteiger partial charge on any atom is -0.465 e. The van der Waals surface area contributed by atoms with E-state index in [1.165, 1.54) is 12.0 Å². The van der Waals surface area contributed by atoms with E-state index in [9.17, 15) is 4.79 Å². The Morgan fingerprint density at radius 1 is 1.10 bits per heavy atom. The summed E-state index contributed by atoms with van der Waals surface area (Å²) in [6.45, 7) is 0. The van der Waals surface area contributed by atoms with Crippen LogP contribution in [0.1, 0.15) is 15.9 Å². The fourth-order valence-electron chi connectivity index (χ4n) is 1.64. The standard InChI is InChI=1S/C16H15NO2S/c1-19-16(18)13-5-7-14(8-6-13)17-11-12-3-9-15(20-2)10-4-12/h3-11H,1-2H3. The smallest absolute Gasteiger partial charge is 0.337 e. The van der Waals surface area contributed by atoms with Crippen molar-refractivity contribution in [3.63, 3.8) is 0 Å². The van der Waals surface area contributed by atoms with Crippen LogP contribution in [-0.2, 0) is 4.74 Å². The molecule has 2 aromatic rings. The van der Waals surface area contributed by atoms with Crippen LogP contribution >= 0.6 is 11.8 Å². The van der Waals surface area contributed by atoms with Gasteiger partial charge in [-0.1, -0.05) is 12.1 Å². The van der Waals surface area contributed by atoms with Crippen molar-refractivity contribution in [1.82, 2.24) is 0 Å². The van der Waals surface area contributed by atoms with Crippen LogP contribution in [0.2, 0.25) is 0 Å². The molecule has 0 aromatic heterocycles. The van der Waals surface area contributed by atoms with Gasteiger partial charge in [-0.05, 0) is 48.2 Å². The monoisotopic (exact) mass is 285 g/mol. The largest absolute Gasteiger partial charge is 0.465 e. The summed E-state index contributed by atoms with van der Waals surface area (Å²) in [6.07, 6.45) is 3.85. The van der Waals surface area contributed by atoms with E-state index in [2.05, 4.69) is 21.9 Å². The molecule has 4 heteroatoms. The second-order valence-corrected chi connectivity index (χ2v) is 4.95. The van der Waals surface area contributed by atoms with Gasteiger partial charge < -0.3 is 4.74 Å². The van der Waals surface area contributed by atoms with Crippen molar-refractivity contribution in [2.24, 2.45) is 4.99 Å². The average Bonchev–Trinajstić information content (AvgIpc) is 2.53. The zero-order valence-electron chi connectivity index (χ0n) is 11.4. The Bertz CT molecular complexity index is 603. The van der Waals surface area contributed by atoms with Crippen molar-refractivity contribution >= 4 is 29.6 Å². The molecule has 0 saturated heterocycles. The van der Waals surface area contributed by atoms with Crippen molar-refractivity contribution in [1.29, 1.82) is 0 Å². The highest BCUT2D eigenvalue weighted by Crippen LogP contribution is 2.16. The van der Waals surface area contributed by atoms with Crippen molar-refractivity contribution in [3.8, 4) is 0 Å². The number of hydrogen-bond donors (Lipinski definition) is 0. The molecule has 0 unspecified atom stereocenters. The Kier molecular flexibility index (Phi) is 4.96. The lowest BCUT2D eigenvalue weighted by Crippen LogP contribution is -1.99. The van der Waals surface area contributed by atoms with Crippen molar-refractivity contribution in [3.05, 3.63) is 59.7 Å². The number of methoxy groups -OCH3 is 1. The predicted molar refractivity (Wildman–Crippen MR) is 83.3 cm³/mol. The van der Waals surface area contributed by atoms with Gasteiger partial charge in [-0.3, -0.25) is 4.99 Å². The maximum Gasteiger partial charge on any atom is 0.337 e. The molecule has 3 nitrogen and oxygen atoms in total. The van der Waals surface area contributed by atoms with E-state index in [0.29, 0.717) is 5.56 Å². The number of thioether (sulfide) groups is 1. The van der Waals surface area contributed by atoms with E-state index in [-0.39, 0.29) is 5.97 Å². The first-order chi connectivity index (χ1) is 9.72. The van der Waals surface area contributed by atoms with Gasteiger partial charge in [0.05, 0.1) is 18.4 Å². The van der Waals surface area contributed by atoms with Gasteiger partial charge in [0.1, 0.15) is 0 Å². The Hall–Kier alpha value is -2.07. The normalized spacial score (nSPS) is 10.7. The van der Waals surface area contributed by atoms with E-state index in [1.54, 1.807) is 42.2 Å². The number of benzene rings is 2. The summed E-state index contributed by atoms with van der Waals surface area (Å²) >= 11 is 1.71. The second-order valence-electron chi connectivity index (χ2n) is 4.07. The van der Waals surface area contributed by atoms with E-state index < -0.39 is 0 Å². The molecule has 0 aliphatic heterocycles. The number of aliphatic imine (C=N–C) groups is 1. The molecule has 2 rings (SSSR count). The average molecular weight is 285 g/mol. The fourth-order valence-corrected chi connectivity index (χ4v) is 2.05. The van der Waals surface area contributed by atoms with E-state index in [0.717, 1.165) is 11.3 Å². The third-order valence-electron chi connectivity index (χ3n) is 2.77. The maximum atomic E-state index is 11.3. The molecule has 0 radical (unpaired) electrons. The number of rotatable bonds is 4. The number of nitrogens with zero attached hydrogens (tertiary/aromatic N) is 1. The summed E-state index contributed by atoms with van der Waals surface area (Å²) in [7, 11) is 1.37. The Balaban J connectivity index is 2.08. The molecule has 0 amide bonds. The van der Waals surface area contributed by atoms with Gasteiger partial charge in [0.15, 0.2) is 0 Å². The van der Waals surface area contributed by atoms with Crippen LogP contribution in [-0.4, -0.2) is 25.5 Å². The highest BCUT2D eigenvalue weighted by Gasteiger charge is 2.03. The summed E-state index contributed by atoms with van der Waals surface area (Å²) in [5, 5.41) is 0. The van der Waals surface area contributed by atoms with Gasteiger partial charge in [-0.25, -0.2) is 4.79 Å². The molecule has 102 valence electrons. The highest BCUT2D eigenvalue weighted by molar-refractivity contribution is 7.98. The highest BCUT2D eigenvalue weighted by atomic mass is 32.2. The molecule has 0 heterocycles. The second kappa shape index (κ2) is 6.91. The molecule has 0 aliphatic rings. The molecule has 2 aromatic carbocycles. The number of hydrogen-bond acceptors (Lipinski definition) is 4. The number of carbonyl (C=O) groups excluding carboxylic acids is 1. The van der Waals surface area contributed by atoms with Crippen LogP contribution < -0.4 is 0 Å². The van der Waals surface area contributed by atoms with Gasteiger partial charge in [0.25, 0.3) is 0 Å². The minimum absolute atomic E-state index is 0.340. The van der Waals surface area contributed by atoms with Crippen molar-refractivity contribution < 1.29 is 9.53 Å². The summed E-state index contributed by atoms with van der Waals surface area (Å²) < 4.78 is 4.65. The van der Waals surface area contributed by atoms with Crippen LogP contribution in [0.5, 0.6) is 0 Å². The Morgan fingerprint density at radius 3 is 2.30 bits per heavy atom. The first kappa shape index (κ1) is 14.3. The zero-order chi connectivity index (χ0) is 14.4. The topological polar surface area (TPSA) is 38.7 Å². The molecule has 0 fully saturated rings. The van der Waals surface area contributed by atoms with Crippen LogP contribution in [0.25, 0.3) is 0 Å². The minimum atomic E-state index is -0.340. The molecule has 0 saturated carbocycles. The van der Waals surface area contributed by atoms with Crippen molar-refractivity contribution in [2.75, 3.05) is 13.4 Å². The van der Waals surface area contributed by atoms with Gasteiger partial charge in [-0.15, -0.1) is 11.8 Å². The number of esters is 1. The predicted octanol–water partition coefficient (Wildman–Crippen LogP) is 3.95. The van der Waals surface area contributed by atoms with Crippen LogP contribution in [0.3, 0.4) is 0 Å². The lowest BCUT2D eigenvalue weighted by molar-refractivity contribution is 0.0601. The lowest BCUT2D eigenvalue weighted by atomic mass is 10.2. The third kappa shape index (κ3) is 3.71. The number of carbonyl (C=O) groups is 1. The van der Waals surface area contributed by atoms with Crippen LogP contribution in [0.4, 0.5) is 5.69 Å². The maximum absolute atomic E-state index is 11.3. The SMILES string of the molecule is COC(=O)c1ccc(N=Cc2ccc(SC)cc2)cc1.